The molecule has 8 heteroatoms. The van der Waals surface area contributed by atoms with Crippen molar-refractivity contribution in [3.8, 4) is 11.5 Å². The second kappa shape index (κ2) is 6.33. The standard InChI is InChI=1S/C13H16N2O4S2/c1-18-11-3-4-12(19-2)9(5-11)7-15-21(16,17)13-6-10(14)8-20-13/h3-6,8,15H,7,14H2,1-2H3. The molecule has 0 aliphatic heterocycles. The molecular weight excluding hydrogens is 312 g/mol. The zero-order valence-corrected chi connectivity index (χ0v) is 13.3. The van der Waals surface area contributed by atoms with E-state index in [9.17, 15) is 8.42 Å². The number of benzene rings is 1. The van der Waals surface area contributed by atoms with E-state index < -0.39 is 10.0 Å². The number of ether oxygens (including phenoxy) is 2. The van der Waals surface area contributed by atoms with Gasteiger partial charge in [-0.25, -0.2) is 13.1 Å². The Morgan fingerprint density at radius 3 is 2.57 bits per heavy atom. The van der Waals surface area contributed by atoms with Gasteiger partial charge in [0.05, 0.1) is 14.2 Å². The van der Waals surface area contributed by atoms with E-state index >= 15 is 0 Å². The highest BCUT2D eigenvalue weighted by molar-refractivity contribution is 7.91. The number of anilines is 1. The minimum Gasteiger partial charge on any atom is -0.497 e. The molecule has 0 saturated heterocycles. The molecule has 2 aromatic rings. The van der Waals surface area contributed by atoms with Crippen LogP contribution in [0.2, 0.25) is 0 Å². The number of hydrogen-bond acceptors (Lipinski definition) is 6. The van der Waals surface area contributed by atoms with Gasteiger partial charge in [0.15, 0.2) is 0 Å². The number of thiophene rings is 1. The highest BCUT2D eigenvalue weighted by Crippen LogP contribution is 2.25. The molecule has 0 bridgehead atoms. The summed E-state index contributed by atoms with van der Waals surface area (Å²) in [5.41, 5.74) is 6.66. The average Bonchev–Trinajstić information content (AvgIpc) is 2.92. The van der Waals surface area contributed by atoms with Crippen molar-refractivity contribution in [3.05, 3.63) is 35.2 Å². The summed E-state index contributed by atoms with van der Waals surface area (Å²) >= 11 is 1.08. The Morgan fingerprint density at radius 2 is 2.00 bits per heavy atom. The Kier molecular flexibility index (Phi) is 4.71. The number of rotatable bonds is 6. The van der Waals surface area contributed by atoms with Crippen molar-refractivity contribution in [1.29, 1.82) is 0 Å². The molecule has 1 aromatic carbocycles. The summed E-state index contributed by atoms with van der Waals surface area (Å²) in [5, 5.41) is 1.58. The lowest BCUT2D eigenvalue weighted by Crippen LogP contribution is -2.22. The quantitative estimate of drug-likeness (QED) is 0.844. The predicted molar refractivity (Wildman–Crippen MR) is 82.3 cm³/mol. The maximum Gasteiger partial charge on any atom is 0.250 e. The van der Waals surface area contributed by atoms with E-state index in [2.05, 4.69) is 4.72 Å². The van der Waals surface area contributed by atoms with Crippen molar-refractivity contribution in [2.75, 3.05) is 20.0 Å². The molecule has 6 nitrogen and oxygen atoms in total. The second-order valence-corrected chi connectivity index (χ2v) is 7.11. The summed E-state index contributed by atoms with van der Waals surface area (Å²) in [4.78, 5) is 0. The monoisotopic (exact) mass is 328 g/mol. The van der Waals surface area contributed by atoms with Gasteiger partial charge >= 0.3 is 0 Å². The lowest BCUT2D eigenvalue weighted by molar-refractivity contribution is 0.398. The summed E-state index contributed by atoms with van der Waals surface area (Å²) < 4.78 is 37.3. The van der Waals surface area contributed by atoms with Gasteiger partial charge in [-0.15, -0.1) is 11.3 Å². The van der Waals surface area contributed by atoms with Crippen LogP contribution in [0.1, 0.15) is 5.56 Å². The van der Waals surface area contributed by atoms with Crippen LogP contribution < -0.4 is 19.9 Å². The normalized spacial score (nSPS) is 11.3. The van der Waals surface area contributed by atoms with Crippen LogP contribution >= 0.6 is 11.3 Å². The summed E-state index contributed by atoms with van der Waals surface area (Å²) in [6, 6.07) is 6.63. The van der Waals surface area contributed by atoms with Crippen molar-refractivity contribution in [2.45, 2.75) is 10.8 Å². The molecule has 0 aliphatic carbocycles. The molecule has 3 N–H and O–H groups in total. The van der Waals surface area contributed by atoms with E-state index in [1.165, 1.54) is 13.2 Å². The van der Waals surface area contributed by atoms with Crippen LogP contribution in [-0.2, 0) is 16.6 Å². The Hall–Kier alpha value is -1.77. The molecule has 0 unspecified atom stereocenters. The molecule has 0 aliphatic rings. The molecule has 0 amide bonds. The molecule has 0 spiro atoms. The first-order valence-corrected chi connectivity index (χ1v) is 8.37. The van der Waals surface area contributed by atoms with Crippen molar-refractivity contribution in [2.24, 2.45) is 0 Å². The molecule has 0 fully saturated rings. The van der Waals surface area contributed by atoms with Crippen LogP contribution in [0.5, 0.6) is 11.5 Å². The first-order chi connectivity index (χ1) is 9.96. The first kappa shape index (κ1) is 15.6. The maximum absolute atomic E-state index is 12.1. The minimum absolute atomic E-state index is 0.0977. The van der Waals surface area contributed by atoms with Gasteiger partial charge in [0.2, 0.25) is 10.0 Å². The molecule has 0 saturated carbocycles. The van der Waals surface area contributed by atoms with Crippen LogP contribution in [-0.4, -0.2) is 22.6 Å². The lowest BCUT2D eigenvalue weighted by Gasteiger charge is -2.11. The minimum atomic E-state index is -3.59. The van der Waals surface area contributed by atoms with Crippen molar-refractivity contribution < 1.29 is 17.9 Å². The van der Waals surface area contributed by atoms with Gasteiger partial charge in [-0.1, -0.05) is 0 Å². The van der Waals surface area contributed by atoms with Gasteiger partial charge in [-0.2, -0.15) is 0 Å². The highest BCUT2D eigenvalue weighted by Gasteiger charge is 2.17. The van der Waals surface area contributed by atoms with Crippen LogP contribution in [0, 0.1) is 0 Å². The lowest BCUT2D eigenvalue weighted by atomic mass is 10.2. The SMILES string of the molecule is COc1ccc(OC)c(CNS(=O)(=O)c2cc(N)cs2)c1. The number of methoxy groups -OCH3 is 2. The van der Waals surface area contributed by atoms with Crippen LogP contribution in [0.25, 0.3) is 0 Å². The molecule has 1 heterocycles. The Bertz CT molecular complexity index is 726. The molecule has 2 rings (SSSR count). The Labute approximate surface area is 127 Å². The third-order valence-electron chi connectivity index (χ3n) is 2.80. The Balaban J connectivity index is 2.19. The molecule has 0 radical (unpaired) electrons. The van der Waals surface area contributed by atoms with Gasteiger partial charge in [0.1, 0.15) is 15.7 Å². The summed E-state index contributed by atoms with van der Waals surface area (Å²) in [7, 11) is -0.517. The van der Waals surface area contributed by atoms with Crippen molar-refractivity contribution in [1.82, 2.24) is 4.72 Å². The molecular formula is C13H16N2O4S2. The number of nitrogen functional groups attached to an aromatic ring is 1. The fraction of sp³-hybridized carbons (Fsp3) is 0.231. The van der Waals surface area contributed by atoms with E-state index in [0.717, 1.165) is 11.3 Å². The first-order valence-electron chi connectivity index (χ1n) is 6.01. The molecule has 21 heavy (non-hydrogen) atoms. The van der Waals surface area contributed by atoms with Gasteiger partial charge in [-0.3, -0.25) is 0 Å². The number of nitrogens with one attached hydrogen (secondary N) is 1. The van der Waals surface area contributed by atoms with Crippen LogP contribution in [0.15, 0.2) is 33.9 Å². The third-order valence-corrected chi connectivity index (χ3v) is 5.66. The van der Waals surface area contributed by atoms with Gasteiger partial charge < -0.3 is 15.2 Å². The number of sulfonamides is 1. The van der Waals surface area contributed by atoms with Gasteiger partial charge in [-0.05, 0) is 24.3 Å². The third kappa shape index (κ3) is 3.66. The molecule has 1 aromatic heterocycles. The Morgan fingerprint density at radius 1 is 1.24 bits per heavy atom. The maximum atomic E-state index is 12.1. The van der Waals surface area contributed by atoms with E-state index in [1.807, 2.05) is 0 Å². The van der Waals surface area contributed by atoms with Gasteiger partial charge in [0.25, 0.3) is 0 Å². The summed E-state index contributed by atoms with van der Waals surface area (Å²) in [6.07, 6.45) is 0. The number of nitrogens with two attached hydrogens (primary N) is 1. The van der Waals surface area contributed by atoms with E-state index in [4.69, 9.17) is 15.2 Å². The topological polar surface area (TPSA) is 90.6 Å². The van der Waals surface area contributed by atoms with E-state index in [0.29, 0.717) is 22.7 Å². The van der Waals surface area contributed by atoms with Crippen LogP contribution in [0.3, 0.4) is 0 Å². The largest absolute Gasteiger partial charge is 0.497 e. The van der Waals surface area contributed by atoms with Crippen molar-refractivity contribution >= 4 is 27.0 Å². The molecule has 0 atom stereocenters. The summed E-state index contributed by atoms with van der Waals surface area (Å²) in [5.74, 6) is 1.22. The predicted octanol–water partition coefficient (Wildman–Crippen LogP) is 1.83. The zero-order chi connectivity index (χ0) is 15.5. The summed E-state index contributed by atoms with van der Waals surface area (Å²) in [6.45, 7) is 0.0977. The fourth-order valence-corrected chi connectivity index (χ4v) is 3.87. The molecule has 114 valence electrons. The van der Waals surface area contributed by atoms with E-state index in [-0.39, 0.29) is 10.8 Å². The second-order valence-electron chi connectivity index (χ2n) is 4.20. The van der Waals surface area contributed by atoms with Gasteiger partial charge in [0, 0.05) is 23.2 Å². The highest BCUT2D eigenvalue weighted by atomic mass is 32.2. The average molecular weight is 328 g/mol. The zero-order valence-electron chi connectivity index (χ0n) is 11.6. The number of hydrogen-bond donors (Lipinski definition) is 2. The van der Waals surface area contributed by atoms with Crippen LogP contribution in [0.4, 0.5) is 5.69 Å². The van der Waals surface area contributed by atoms with Crippen molar-refractivity contribution in [3.63, 3.8) is 0 Å². The smallest absolute Gasteiger partial charge is 0.250 e. The van der Waals surface area contributed by atoms with E-state index in [1.54, 1.807) is 30.7 Å². The fourth-order valence-electron chi connectivity index (χ4n) is 1.74.